The Morgan fingerprint density at radius 3 is 1.20 bits per heavy atom. The number of carbonyl (C=O) groups is 2. The lowest BCUT2D eigenvalue weighted by Gasteiger charge is -2.13. The van der Waals surface area contributed by atoms with Crippen LogP contribution in [0.25, 0.3) is 83.9 Å². The molecule has 11 rings (SSSR count). The van der Waals surface area contributed by atoms with E-state index in [4.69, 9.17) is 0 Å². The first-order valence-electron chi connectivity index (χ1n) is 33.3. The van der Waals surface area contributed by atoms with Gasteiger partial charge in [-0.1, -0.05) is 180 Å². The SMILES string of the molecule is CCCCCCc1cc(/C=C2\C(=O)c3ccccc3C2=C(C#N)C#N)sc1-c1cc2c(-c3ccc(CC(CC)CCCC)s3)c3sc(-c4sc(/C=C5\C(=O)c6ccccc6C5=C(C#N)C#N)cc4CCCCCC)cc3c(-c3ccc(CC(CC)CCCC)s3)c2s1. The van der Waals surface area contributed by atoms with E-state index >= 15 is 0 Å². The Labute approximate surface area is 567 Å². The van der Waals surface area contributed by atoms with Gasteiger partial charge in [-0.15, -0.1) is 68.0 Å². The number of unbranched alkanes of at least 4 members (excludes halogenated alkanes) is 8. The molecule has 2 aliphatic rings. The van der Waals surface area contributed by atoms with E-state index in [0.717, 1.165) is 99.6 Å². The van der Waals surface area contributed by atoms with E-state index in [0.29, 0.717) is 56.4 Å². The zero-order valence-electron chi connectivity index (χ0n) is 53.7. The van der Waals surface area contributed by atoms with Crippen LogP contribution in [0, 0.1) is 57.2 Å². The molecule has 2 aliphatic carbocycles. The lowest BCUT2D eigenvalue weighted by atomic mass is 9.95. The van der Waals surface area contributed by atoms with Crippen molar-refractivity contribution in [1.29, 1.82) is 21.0 Å². The Balaban J connectivity index is 1.16. The van der Waals surface area contributed by atoms with Gasteiger partial charge < -0.3 is 0 Å². The Morgan fingerprint density at radius 2 is 0.826 bits per heavy atom. The van der Waals surface area contributed by atoms with E-state index in [1.165, 1.54) is 120 Å². The quantitative estimate of drug-likeness (QED) is 0.0273. The van der Waals surface area contributed by atoms with Gasteiger partial charge in [0, 0.05) is 113 Å². The normalized spacial score (nSPS) is 14.3. The number of rotatable bonds is 28. The molecule has 0 saturated heterocycles. The van der Waals surface area contributed by atoms with Gasteiger partial charge in [-0.2, -0.15) is 21.0 Å². The van der Waals surface area contributed by atoms with Crippen LogP contribution < -0.4 is 0 Å². The second-order valence-corrected chi connectivity index (χ2v) is 31.3. The third kappa shape index (κ3) is 13.7. The van der Waals surface area contributed by atoms with Crippen LogP contribution >= 0.6 is 68.0 Å². The fraction of sp³-hybridized carbons (Fsp3) is 0.350. The second-order valence-electron chi connectivity index (χ2n) is 24.7. The van der Waals surface area contributed by atoms with Gasteiger partial charge in [0.05, 0.1) is 0 Å². The van der Waals surface area contributed by atoms with Crippen molar-refractivity contribution >= 4 is 123 Å². The van der Waals surface area contributed by atoms with E-state index < -0.39 is 0 Å². The molecule has 0 aliphatic heterocycles. The minimum atomic E-state index is -0.170. The first-order valence-corrected chi connectivity index (χ1v) is 38.2. The van der Waals surface area contributed by atoms with Gasteiger partial charge in [-0.3, -0.25) is 9.59 Å². The lowest BCUT2D eigenvalue weighted by Crippen LogP contribution is -2.01. The third-order valence-corrected chi connectivity index (χ3v) is 25.6. The summed E-state index contributed by atoms with van der Waals surface area (Å²) in [5.41, 5.74) is 8.77. The maximum Gasteiger partial charge on any atom is 0.194 e. The van der Waals surface area contributed by atoms with Crippen LogP contribution in [0.2, 0.25) is 0 Å². The van der Waals surface area contributed by atoms with Crippen molar-refractivity contribution in [3.05, 3.63) is 172 Å². The van der Waals surface area contributed by atoms with Crippen molar-refractivity contribution in [2.75, 3.05) is 0 Å². The highest BCUT2D eigenvalue weighted by Crippen LogP contribution is 2.56. The molecule has 6 aromatic heterocycles. The van der Waals surface area contributed by atoms with Crippen LogP contribution in [-0.2, 0) is 25.7 Å². The molecule has 0 radical (unpaired) electrons. The standard InChI is InChI=1S/C80H78N4O2S6/c1-7-13-17-19-27-51-39-57(41-63-71(53(45-81)46-82)59-29-21-23-31-61(59)75(63)85)89-77(51)69-43-65-73(67-35-33-55(87-67)37-49(11-5)25-15-9-3)80-66(74(79(65)91-69)68-36-34-56(88-68)38-50(12-6)26-16-10-4)44-70(92-80)78-52(28-20-18-14-8-2)40-58(90-78)42-64-72(54(47-83)48-84)60-30-22-24-32-62(60)76(64)86/h21-24,29-36,39-44,49-50H,7-20,25-28,37-38H2,1-6H3/b63-41-,64-42-. The zero-order chi connectivity index (χ0) is 64.4. The van der Waals surface area contributed by atoms with Gasteiger partial charge in [-0.05, 0) is 133 Å². The molecule has 0 spiro atoms. The number of hydrogen-bond donors (Lipinski definition) is 0. The number of benzene rings is 3. The Kier molecular flexibility index (Phi) is 22.0. The highest BCUT2D eigenvalue weighted by molar-refractivity contribution is 7.29. The predicted molar refractivity (Wildman–Crippen MR) is 394 cm³/mol. The number of Topliss-reactive ketones (excluding diaryl/α,β-unsaturated/α-hetero) is 2. The molecule has 12 heteroatoms. The number of nitrogens with zero attached hydrogens (tertiary/aromatic N) is 4. The summed E-state index contributed by atoms with van der Waals surface area (Å²) in [6, 6.07) is 42.2. The smallest absolute Gasteiger partial charge is 0.194 e. The summed E-state index contributed by atoms with van der Waals surface area (Å²) in [6.07, 6.45) is 26.2. The van der Waals surface area contributed by atoms with Gasteiger partial charge in [0.25, 0.3) is 0 Å². The first-order chi connectivity index (χ1) is 45.0. The Morgan fingerprint density at radius 1 is 0.435 bits per heavy atom. The molecule has 92 heavy (non-hydrogen) atoms. The summed E-state index contributed by atoms with van der Waals surface area (Å²) in [5, 5.41) is 43.6. The summed E-state index contributed by atoms with van der Waals surface area (Å²) in [5.74, 6) is 0.887. The van der Waals surface area contributed by atoms with Gasteiger partial charge in [0.1, 0.15) is 35.4 Å². The molecule has 0 saturated carbocycles. The van der Waals surface area contributed by atoms with Gasteiger partial charge in [0.15, 0.2) is 11.6 Å². The first kappa shape index (κ1) is 66.1. The molecule has 3 aromatic carbocycles. The summed E-state index contributed by atoms with van der Waals surface area (Å²) >= 11 is 11.1. The minimum absolute atomic E-state index is 0.0604. The minimum Gasteiger partial charge on any atom is -0.289 e. The fourth-order valence-electron chi connectivity index (χ4n) is 13.5. The van der Waals surface area contributed by atoms with Crippen molar-refractivity contribution in [2.24, 2.45) is 11.8 Å². The average Bonchev–Trinajstić information content (AvgIpc) is 1.56. The molecule has 6 nitrogen and oxygen atoms in total. The van der Waals surface area contributed by atoms with Crippen LogP contribution in [0.3, 0.4) is 0 Å². The predicted octanol–water partition coefficient (Wildman–Crippen LogP) is 25.0. The molecule has 0 fully saturated rings. The monoisotopic (exact) mass is 1320 g/mol. The van der Waals surface area contributed by atoms with Crippen LogP contribution in [0.1, 0.15) is 207 Å². The number of aryl methyl sites for hydroxylation is 2. The van der Waals surface area contributed by atoms with Crippen LogP contribution in [0.15, 0.2) is 119 Å². The summed E-state index contributed by atoms with van der Waals surface area (Å²) in [6.45, 7) is 13.7. The molecule has 9 aromatic rings. The molecule has 2 atom stereocenters. The molecule has 466 valence electrons. The fourth-order valence-corrected chi connectivity index (χ4v) is 21.0. The van der Waals surface area contributed by atoms with E-state index in [1.54, 1.807) is 34.8 Å². The molecule has 0 amide bonds. The van der Waals surface area contributed by atoms with Crippen molar-refractivity contribution in [3.63, 3.8) is 0 Å². The summed E-state index contributed by atoms with van der Waals surface area (Å²) in [4.78, 5) is 40.7. The second kappa shape index (κ2) is 30.6. The van der Waals surface area contributed by atoms with Crippen molar-refractivity contribution < 1.29 is 9.59 Å². The Hall–Kier alpha value is -7.36. The number of thiophene rings is 6. The molecule has 0 bridgehead atoms. The van der Waals surface area contributed by atoms with E-state index in [2.05, 4.69) is 114 Å². The molecule has 6 heterocycles. The van der Waals surface area contributed by atoms with Crippen LogP contribution in [-0.4, -0.2) is 11.6 Å². The average molecular weight is 1320 g/mol. The zero-order valence-corrected chi connectivity index (χ0v) is 58.6. The van der Waals surface area contributed by atoms with Crippen LogP contribution in [0.4, 0.5) is 0 Å². The highest BCUT2D eigenvalue weighted by Gasteiger charge is 2.35. The van der Waals surface area contributed by atoms with Gasteiger partial charge in [0.2, 0.25) is 0 Å². The van der Waals surface area contributed by atoms with E-state index in [1.807, 2.05) is 93.9 Å². The maximum atomic E-state index is 14.4. The summed E-state index contributed by atoms with van der Waals surface area (Å²) < 4.78 is 2.51. The number of allylic oxidation sites excluding steroid dienone is 6. The van der Waals surface area contributed by atoms with E-state index in [9.17, 15) is 30.6 Å². The number of hydrogen-bond acceptors (Lipinski definition) is 12. The molecule has 0 N–H and O–H groups in total. The topological polar surface area (TPSA) is 129 Å². The van der Waals surface area contributed by atoms with Crippen molar-refractivity contribution in [3.8, 4) is 64.7 Å². The van der Waals surface area contributed by atoms with E-state index in [-0.39, 0.29) is 22.7 Å². The number of nitriles is 4. The van der Waals surface area contributed by atoms with Crippen molar-refractivity contribution in [2.45, 2.75) is 170 Å². The largest absolute Gasteiger partial charge is 0.289 e. The lowest BCUT2D eigenvalue weighted by molar-refractivity contribution is 0.103. The van der Waals surface area contributed by atoms with Crippen LogP contribution in [0.5, 0.6) is 0 Å². The maximum absolute atomic E-state index is 14.4. The third-order valence-electron chi connectivity index (χ3n) is 18.5. The van der Waals surface area contributed by atoms with Crippen molar-refractivity contribution in [1.82, 2.24) is 0 Å². The number of fused-ring (bicyclic) bond motifs is 4. The number of carbonyl (C=O) groups excluding carboxylic acids is 2. The number of ketones is 2. The molecular weight excluding hydrogens is 1240 g/mol. The van der Waals surface area contributed by atoms with Gasteiger partial charge in [-0.25, -0.2) is 0 Å². The highest BCUT2D eigenvalue weighted by atomic mass is 32.1. The molecular formula is C80H78N4O2S6. The molecule has 2 unspecified atom stereocenters. The Bertz CT molecular complexity index is 4190. The summed E-state index contributed by atoms with van der Waals surface area (Å²) in [7, 11) is 0. The van der Waals surface area contributed by atoms with Gasteiger partial charge >= 0.3 is 0 Å².